The van der Waals surface area contributed by atoms with Gasteiger partial charge in [0.25, 0.3) is 0 Å². The van der Waals surface area contributed by atoms with E-state index in [2.05, 4.69) is 24.3 Å². The van der Waals surface area contributed by atoms with E-state index in [-0.39, 0.29) is 12.5 Å². The largest absolute Gasteiger partial charge is 0.481 e. The highest BCUT2D eigenvalue weighted by Gasteiger charge is 2.08. The van der Waals surface area contributed by atoms with E-state index in [1.807, 2.05) is 30.3 Å². The molecule has 0 amide bonds. The molecule has 2 rings (SSSR count). The van der Waals surface area contributed by atoms with Crippen molar-refractivity contribution in [1.82, 2.24) is 0 Å². The summed E-state index contributed by atoms with van der Waals surface area (Å²) < 4.78 is 0. The van der Waals surface area contributed by atoms with E-state index < -0.39 is 5.97 Å². The Hall–Kier alpha value is -2.13. The molecular formula is C17H19NO2. The van der Waals surface area contributed by atoms with Crippen molar-refractivity contribution >= 4 is 5.97 Å². The molecule has 0 saturated carbocycles. The summed E-state index contributed by atoms with van der Waals surface area (Å²) in [7, 11) is 0. The molecule has 0 unspecified atom stereocenters. The average Bonchev–Trinajstić information content (AvgIpc) is 2.41. The molecule has 3 N–H and O–H groups in total. The van der Waals surface area contributed by atoms with Gasteiger partial charge in [-0.3, -0.25) is 4.79 Å². The van der Waals surface area contributed by atoms with Crippen molar-refractivity contribution in [3.63, 3.8) is 0 Å². The van der Waals surface area contributed by atoms with Crippen molar-refractivity contribution in [3.8, 4) is 0 Å². The molecule has 3 heteroatoms. The Balaban J connectivity index is 1.94. The number of hydrogen-bond donors (Lipinski definition) is 2. The topological polar surface area (TPSA) is 63.3 Å². The van der Waals surface area contributed by atoms with Crippen LogP contribution in [0.15, 0.2) is 54.6 Å². The average molecular weight is 269 g/mol. The predicted molar refractivity (Wildman–Crippen MR) is 79.6 cm³/mol. The van der Waals surface area contributed by atoms with Crippen molar-refractivity contribution in [3.05, 3.63) is 71.3 Å². The molecule has 0 heterocycles. The highest BCUT2D eigenvalue weighted by atomic mass is 16.4. The van der Waals surface area contributed by atoms with Crippen molar-refractivity contribution < 1.29 is 9.90 Å². The Bertz CT molecular complexity index is 549. The highest BCUT2D eigenvalue weighted by Crippen LogP contribution is 2.12. The lowest BCUT2D eigenvalue weighted by atomic mass is 10.00. The fourth-order valence-electron chi connectivity index (χ4n) is 2.22. The maximum Gasteiger partial charge on any atom is 0.304 e. The summed E-state index contributed by atoms with van der Waals surface area (Å²) in [5, 5.41) is 8.69. The van der Waals surface area contributed by atoms with Crippen molar-refractivity contribution in [2.75, 3.05) is 0 Å². The van der Waals surface area contributed by atoms with E-state index in [1.165, 1.54) is 11.1 Å². The third-order valence-electron chi connectivity index (χ3n) is 3.21. The number of hydrogen-bond acceptors (Lipinski definition) is 2. The number of benzene rings is 2. The molecule has 0 radical (unpaired) electrons. The number of carboxylic acid groups (broad SMARTS) is 1. The molecule has 0 aliphatic carbocycles. The molecule has 0 fully saturated rings. The van der Waals surface area contributed by atoms with Gasteiger partial charge in [-0.05, 0) is 29.5 Å². The van der Waals surface area contributed by atoms with Crippen molar-refractivity contribution in [1.29, 1.82) is 0 Å². The summed E-state index contributed by atoms with van der Waals surface area (Å²) in [6.45, 7) is 0. The van der Waals surface area contributed by atoms with E-state index in [1.54, 1.807) is 0 Å². The van der Waals surface area contributed by atoms with Crippen LogP contribution in [0.4, 0.5) is 0 Å². The molecule has 2 aromatic carbocycles. The first-order valence-corrected chi connectivity index (χ1v) is 6.72. The third-order valence-corrected chi connectivity index (χ3v) is 3.21. The zero-order valence-electron chi connectivity index (χ0n) is 11.3. The van der Waals surface area contributed by atoms with Gasteiger partial charge in [-0.2, -0.15) is 0 Å². The summed E-state index contributed by atoms with van der Waals surface area (Å²) in [6, 6.07) is 18.2. The second-order valence-corrected chi connectivity index (χ2v) is 5.04. The Kier molecular flexibility index (Phi) is 4.91. The lowest BCUT2D eigenvalue weighted by Crippen LogP contribution is -2.26. The van der Waals surface area contributed by atoms with Crippen LogP contribution >= 0.6 is 0 Å². The van der Waals surface area contributed by atoms with Gasteiger partial charge in [-0.25, -0.2) is 0 Å². The molecule has 0 aliphatic heterocycles. The van der Waals surface area contributed by atoms with Crippen LogP contribution in [0.1, 0.15) is 23.1 Å². The molecular weight excluding hydrogens is 250 g/mol. The monoisotopic (exact) mass is 269 g/mol. The van der Waals surface area contributed by atoms with Gasteiger partial charge in [-0.15, -0.1) is 0 Å². The summed E-state index contributed by atoms with van der Waals surface area (Å²) in [5.74, 6) is -0.849. The van der Waals surface area contributed by atoms with E-state index in [0.717, 1.165) is 12.0 Å². The zero-order valence-corrected chi connectivity index (χ0v) is 11.3. The number of aliphatic carboxylic acids is 1. The van der Waals surface area contributed by atoms with Gasteiger partial charge in [0.2, 0.25) is 0 Å². The molecule has 3 nitrogen and oxygen atoms in total. The molecule has 0 spiro atoms. The number of carboxylic acids is 1. The van der Waals surface area contributed by atoms with Crippen LogP contribution in [0.25, 0.3) is 0 Å². The van der Waals surface area contributed by atoms with E-state index >= 15 is 0 Å². The fraction of sp³-hybridized carbons (Fsp3) is 0.235. The van der Waals surface area contributed by atoms with Crippen LogP contribution in [0.3, 0.4) is 0 Å². The number of nitrogens with two attached hydrogens (primary N) is 1. The standard InChI is InChI=1S/C17H19NO2/c18-16(12-17(19)20)11-15-8-6-14(7-9-15)10-13-4-2-1-3-5-13/h1-9,16H,10-12,18H2,(H,19,20)/t16-/m1/s1. The molecule has 20 heavy (non-hydrogen) atoms. The van der Waals surface area contributed by atoms with Crippen LogP contribution in [0.2, 0.25) is 0 Å². The van der Waals surface area contributed by atoms with Crippen molar-refractivity contribution in [2.45, 2.75) is 25.3 Å². The minimum absolute atomic E-state index is 0.00572. The van der Waals surface area contributed by atoms with E-state index in [0.29, 0.717) is 6.42 Å². The van der Waals surface area contributed by atoms with Crippen molar-refractivity contribution in [2.24, 2.45) is 5.73 Å². The van der Waals surface area contributed by atoms with Gasteiger partial charge < -0.3 is 10.8 Å². The van der Waals surface area contributed by atoms with E-state index in [4.69, 9.17) is 10.8 Å². The summed E-state index contributed by atoms with van der Waals surface area (Å²) in [5.41, 5.74) is 9.39. The van der Waals surface area contributed by atoms with Gasteiger partial charge in [-0.1, -0.05) is 54.6 Å². The Labute approximate surface area is 119 Å². The van der Waals surface area contributed by atoms with Gasteiger partial charge in [0.15, 0.2) is 0 Å². The van der Waals surface area contributed by atoms with Crippen LogP contribution < -0.4 is 5.73 Å². The molecule has 104 valence electrons. The Morgan fingerprint density at radius 2 is 1.50 bits per heavy atom. The minimum Gasteiger partial charge on any atom is -0.481 e. The van der Waals surface area contributed by atoms with Gasteiger partial charge in [0.05, 0.1) is 6.42 Å². The van der Waals surface area contributed by atoms with Crippen LogP contribution in [0, 0.1) is 0 Å². The van der Waals surface area contributed by atoms with Crippen LogP contribution in [-0.2, 0) is 17.6 Å². The molecule has 2 aromatic rings. The highest BCUT2D eigenvalue weighted by molar-refractivity contribution is 5.67. The van der Waals surface area contributed by atoms with Gasteiger partial charge in [0.1, 0.15) is 0 Å². The van der Waals surface area contributed by atoms with E-state index in [9.17, 15) is 4.79 Å². The maximum absolute atomic E-state index is 10.6. The maximum atomic E-state index is 10.6. The van der Waals surface area contributed by atoms with Crippen LogP contribution in [0.5, 0.6) is 0 Å². The normalized spacial score (nSPS) is 12.1. The second-order valence-electron chi connectivity index (χ2n) is 5.04. The zero-order chi connectivity index (χ0) is 14.4. The van der Waals surface area contributed by atoms with Crippen LogP contribution in [-0.4, -0.2) is 17.1 Å². The lowest BCUT2D eigenvalue weighted by molar-refractivity contribution is -0.137. The molecule has 0 aromatic heterocycles. The summed E-state index contributed by atoms with van der Waals surface area (Å²) in [4.78, 5) is 10.6. The minimum atomic E-state index is -0.849. The first kappa shape index (κ1) is 14.3. The number of rotatable bonds is 6. The SMILES string of the molecule is N[C@@H](CC(=O)O)Cc1ccc(Cc2ccccc2)cc1. The molecule has 1 atom stereocenters. The smallest absolute Gasteiger partial charge is 0.304 e. The molecule has 0 bridgehead atoms. The lowest BCUT2D eigenvalue weighted by Gasteiger charge is -2.09. The second kappa shape index (κ2) is 6.87. The Morgan fingerprint density at radius 1 is 0.950 bits per heavy atom. The first-order chi connectivity index (χ1) is 9.63. The summed E-state index contributed by atoms with van der Waals surface area (Å²) in [6.07, 6.45) is 1.51. The number of carbonyl (C=O) groups is 1. The predicted octanol–water partition coefficient (Wildman–Crippen LogP) is 2.62. The molecule has 0 saturated heterocycles. The molecule has 0 aliphatic rings. The Morgan fingerprint density at radius 3 is 2.10 bits per heavy atom. The third kappa shape index (κ3) is 4.52. The summed E-state index contributed by atoms with van der Waals surface area (Å²) >= 11 is 0. The van der Waals surface area contributed by atoms with Gasteiger partial charge in [0, 0.05) is 6.04 Å². The first-order valence-electron chi connectivity index (χ1n) is 6.72. The quantitative estimate of drug-likeness (QED) is 0.847. The van der Waals surface area contributed by atoms with Gasteiger partial charge >= 0.3 is 5.97 Å². The fourth-order valence-corrected chi connectivity index (χ4v) is 2.22.